The van der Waals surface area contributed by atoms with Crippen molar-refractivity contribution in [3.05, 3.63) is 41.2 Å². The summed E-state index contributed by atoms with van der Waals surface area (Å²) >= 11 is 6.06. The van der Waals surface area contributed by atoms with Crippen LogP contribution in [-0.4, -0.2) is 26.3 Å². The van der Waals surface area contributed by atoms with Crippen molar-refractivity contribution in [2.45, 2.75) is 11.8 Å². The first-order valence-electron chi connectivity index (χ1n) is 6.39. The molecule has 2 rings (SSSR count). The third-order valence-corrected chi connectivity index (χ3v) is 4.35. The summed E-state index contributed by atoms with van der Waals surface area (Å²) in [5.74, 6) is 0.455. The summed E-state index contributed by atoms with van der Waals surface area (Å²) in [4.78, 5) is 4.01. The van der Waals surface area contributed by atoms with Crippen LogP contribution in [0.25, 0.3) is 11.1 Å². The smallest absolute Gasteiger partial charge is 0.177 e. The highest BCUT2D eigenvalue weighted by atomic mass is 35.5. The topological polar surface area (TPSA) is 80.0 Å². The van der Waals surface area contributed by atoms with E-state index >= 15 is 0 Å². The number of ether oxygens (including phenoxy) is 1. The number of benzene rings is 1. The summed E-state index contributed by atoms with van der Waals surface area (Å²) in [5, 5.41) is 9.62. The standard InChI is InChI=1S/C15H13ClN2O3S/c1-3-21-14-5-4-13(16)12(7-17)15(14)10-6-11(9-18-8-10)22(2,19)20/h4-6,8-9H,3H2,1-2H3. The van der Waals surface area contributed by atoms with Crippen LogP contribution in [0.15, 0.2) is 35.5 Å². The van der Waals surface area contributed by atoms with Crippen LogP contribution in [0.5, 0.6) is 5.75 Å². The van der Waals surface area contributed by atoms with Crippen LogP contribution < -0.4 is 4.74 Å². The molecule has 0 amide bonds. The molecule has 2 aromatic rings. The van der Waals surface area contributed by atoms with Gasteiger partial charge in [0, 0.05) is 29.8 Å². The van der Waals surface area contributed by atoms with Gasteiger partial charge in [0.1, 0.15) is 11.8 Å². The van der Waals surface area contributed by atoms with Gasteiger partial charge in [-0.3, -0.25) is 4.98 Å². The fourth-order valence-electron chi connectivity index (χ4n) is 1.99. The molecule has 5 nitrogen and oxygen atoms in total. The highest BCUT2D eigenvalue weighted by Crippen LogP contribution is 2.37. The van der Waals surface area contributed by atoms with Crippen molar-refractivity contribution in [3.8, 4) is 22.9 Å². The van der Waals surface area contributed by atoms with E-state index in [1.807, 2.05) is 13.0 Å². The van der Waals surface area contributed by atoms with Crippen molar-refractivity contribution in [2.24, 2.45) is 0 Å². The van der Waals surface area contributed by atoms with Crippen molar-refractivity contribution in [2.75, 3.05) is 12.9 Å². The average Bonchev–Trinajstić information content (AvgIpc) is 2.48. The first-order chi connectivity index (χ1) is 10.4. The number of sulfone groups is 1. The Hall–Kier alpha value is -2.10. The van der Waals surface area contributed by atoms with E-state index in [1.165, 1.54) is 18.5 Å². The van der Waals surface area contributed by atoms with Crippen LogP contribution in [0.2, 0.25) is 5.02 Å². The van der Waals surface area contributed by atoms with E-state index in [-0.39, 0.29) is 15.5 Å². The first-order valence-corrected chi connectivity index (χ1v) is 8.66. The number of halogens is 1. The second-order valence-electron chi connectivity index (χ2n) is 4.52. The maximum Gasteiger partial charge on any atom is 0.177 e. The quantitative estimate of drug-likeness (QED) is 0.857. The van der Waals surface area contributed by atoms with Crippen molar-refractivity contribution in [1.29, 1.82) is 5.26 Å². The summed E-state index contributed by atoms with van der Waals surface area (Å²) in [6, 6.07) is 6.71. The summed E-state index contributed by atoms with van der Waals surface area (Å²) in [7, 11) is -3.41. The average molecular weight is 337 g/mol. The number of rotatable bonds is 4. The summed E-state index contributed by atoms with van der Waals surface area (Å²) in [6.07, 6.45) is 3.83. The third kappa shape index (κ3) is 3.21. The molecule has 1 aromatic heterocycles. The minimum atomic E-state index is -3.41. The Morgan fingerprint density at radius 3 is 2.68 bits per heavy atom. The lowest BCUT2D eigenvalue weighted by Crippen LogP contribution is -2.00. The Morgan fingerprint density at radius 2 is 2.09 bits per heavy atom. The maximum atomic E-state index is 11.7. The van der Waals surface area contributed by atoms with Crippen molar-refractivity contribution in [1.82, 2.24) is 4.98 Å². The van der Waals surface area contributed by atoms with Crippen LogP contribution in [0.1, 0.15) is 12.5 Å². The SMILES string of the molecule is CCOc1ccc(Cl)c(C#N)c1-c1cncc(S(C)(=O)=O)c1. The molecule has 0 aliphatic rings. The van der Waals surface area contributed by atoms with Gasteiger partial charge in [-0.2, -0.15) is 5.26 Å². The number of pyridine rings is 1. The van der Waals surface area contributed by atoms with E-state index in [0.29, 0.717) is 23.5 Å². The predicted molar refractivity (Wildman–Crippen MR) is 83.7 cm³/mol. The molecule has 0 bridgehead atoms. The van der Waals surface area contributed by atoms with Crippen LogP contribution in [0.4, 0.5) is 0 Å². The monoisotopic (exact) mass is 336 g/mol. The van der Waals surface area contributed by atoms with E-state index in [0.717, 1.165) is 6.26 Å². The fraction of sp³-hybridized carbons (Fsp3) is 0.200. The van der Waals surface area contributed by atoms with E-state index in [9.17, 15) is 13.7 Å². The molecule has 0 aliphatic carbocycles. The normalized spacial score (nSPS) is 11.0. The largest absolute Gasteiger partial charge is 0.493 e. The molecule has 7 heteroatoms. The third-order valence-electron chi connectivity index (χ3n) is 2.96. The lowest BCUT2D eigenvalue weighted by atomic mass is 10.0. The van der Waals surface area contributed by atoms with E-state index in [4.69, 9.17) is 16.3 Å². The van der Waals surface area contributed by atoms with Crippen molar-refractivity contribution < 1.29 is 13.2 Å². The van der Waals surface area contributed by atoms with Crippen LogP contribution >= 0.6 is 11.6 Å². The van der Waals surface area contributed by atoms with E-state index < -0.39 is 9.84 Å². The molecule has 114 valence electrons. The van der Waals surface area contributed by atoms with Crippen LogP contribution in [0, 0.1) is 11.3 Å². The highest BCUT2D eigenvalue weighted by molar-refractivity contribution is 7.90. The van der Waals surface area contributed by atoms with Crippen LogP contribution in [-0.2, 0) is 9.84 Å². The van der Waals surface area contributed by atoms with E-state index in [2.05, 4.69) is 4.98 Å². The molecule has 0 aliphatic heterocycles. The molecule has 0 saturated heterocycles. The molecular weight excluding hydrogens is 324 g/mol. The summed E-state index contributed by atoms with van der Waals surface area (Å²) in [5.41, 5.74) is 1.13. The Balaban J connectivity index is 2.76. The molecule has 1 aromatic carbocycles. The molecule has 0 radical (unpaired) electrons. The Bertz CT molecular complexity index is 858. The lowest BCUT2D eigenvalue weighted by Gasteiger charge is -2.13. The van der Waals surface area contributed by atoms with Crippen LogP contribution in [0.3, 0.4) is 0 Å². The second-order valence-corrected chi connectivity index (χ2v) is 6.94. The minimum Gasteiger partial charge on any atom is -0.493 e. The predicted octanol–water partition coefficient (Wildman–Crippen LogP) is 3.08. The number of nitriles is 1. The van der Waals surface area contributed by atoms with Gasteiger partial charge in [-0.15, -0.1) is 0 Å². The maximum absolute atomic E-state index is 11.7. The van der Waals surface area contributed by atoms with Gasteiger partial charge in [0.2, 0.25) is 0 Å². The molecular formula is C15H13ClN2O3S. The summed E-state index contributed by atoms with van der Waals surface area (Å²) < 4.78 is 28.9. The molecule has 0 saturated carbocycles. The molecule has 22 heavy (non-hydrogen) atoms. The zero-order valence-corrected chi connectivity index (χ0v) is 13.6. The Kier molecular flexibility index (Phi) is 4.69. The second kappa shape index (κ2) is 6.34. The molecule has 0 N–H and O–H groups in total. The zero-order valence-electron chi connectivity index (χ0n) is 12.0. The Morgan fingerprint density at radius 1 is 1.36 bits per heavy atom. The molecule has 1 heterocycles. The molecule has 0 spiro atoms. The van der Waals surface area contributed by atoms with Gasteiger partial charge in [0.05, 0.1) is 22.1 Å². The van der Waals surface area contributed by atoms with Gasteiger partial charge in [-0.1, -0.05) is 11.6 Å². The minimum absolute atomic E-state index is 0.0660. The number of hydrogen-bond donors (Lipinski definition) is 0. The van der Waals surface area contributed by atoms with Gasteiger partial charge in [0.15, 0.2) is 9.84 Å². The molecule has 0 atom stereocenters. The number of nitrogens with zero attached hydrogens (tertiary/aromatic N) is 2. The van der Waals surface area contributed by atoms with Gasteiger partial charge in [0.25, 0.3) is 0 Å². The molecule has 0 unspecified atom stereocenters. The van der Waals surface area contributed by atoms with E-state index in [1.54, 1.807) is 12.1 Å². The van der Waals surface area contributed by atoms with Gasteiger partial charge < -0.3 is 4.74 Å². The zero-order chi connectivity index (χ0) is 16.3. The lowest BCUT2D eigenvalue weighted by molar-refractivity contribution is 0.341. The Labute approximate surface area is 134 Å². The van der Waals surface area contributed by atoms with Gasteiger partial charge in [-0.25, -0.2) is 8.42 Å². The fourth-order valence-corrected chi connectivity index (χ4v) is 2.78. The summed E-state index contributed by atoms with van der Waals surface area (Å²) in [6.45, 7) is 2.22. The first kappa shape index (κ1) is 16.3. The van der Waals surface area contributed by atoms with Gasteiger partial charge in [-0.05, 0) is 25.1 Å². The number of hydrogen-bond acceptors (Lipinski definition) is 5. The van der Waals surface area contributed by atoms with Crippen molar-refractivity contribution in [3.63, 3.8) is 0 Å². The van der Waals surface area contributed by atoms with Gasteiger partial charge >= 0.3 is 0 Å². The molecule has 0 fully saturated rings. The number of aromatic nitrogens is 1. The van der Waals surface area contributed by atoms with Crippen molar-refractivity contribution >= 4 is 21.4 Å². The highest BCUT2D eigenvalue weighted by Gasteiger charge is 2.18.